The van der Waals surface area contributed by atoms with Gasteiger partial charge in [-0.05, 0) is 24.3 Å². The van der Waals surface area contributed by atoms with Gasteiger partial charge >= 0.3 is 5.97 Å². The largest absolute Gasteiger partial charge is 0.478 e. The summed E-state index contributed by atoms with van der Waals surface area (Å²) in [6.07, 6.45) is 0. The van der Waals surface area contributed by atoms with Crippen molar-refractivity contribution in [2.24, 2.45) is 0 Å². The van der Waals surface area contributed by atoms with Gasteiger partial charge in [-0.25, -0.2) is 9.18 Å². The molecule has 5 heteroatoms. The van der Waals surface area contributed by atoms with E-state index in [1.807, 2.05) is 30.3 Å². The van der Waals surface area contributed by atoms with Gasteiger partial charge in [-0.2, -0.15) is 0 Å². The molecule has 0 saturated carbocycles. The first kappa shape index (κ1) is 12.7. The Labute approximate surface area is 118 Å². The molecule has 1 aromatic heterocycles. The molecule has 2 aromatic carbocycles. The van der Waals surface area contributed by atoms with Gasteiger partial charge in [0.1, 0.15) is 11.4 Å². The number of carbonyl (C=O) groups is 1. The summed E-state index contributed by atoms with van der Waals surface area (Å²) in [6, 6.07) is 13.9. The van der Waals surface area contributed by atoms with E-state index in [9.17, 15) is 9.18 Å². The number of fused-ring (bicyclic) bond motifs is 1. The molecule has 3 rings (SSSR count). The zero-order valence-corrected chi connectivity index (χ0v) is 11.1. The van der Waals surface area contributed by atoms with Crippen LogP contribution < -0.4 is 0 Å². The predicted molar refractivity (Wildman–Crippen MR) is 75.8 cm³/mol. The van der Waals surface area contributed by atoms with Crippen LogP contribution in [0.5, 0.6) is 0 Å². The third-order valence-electron chi connectivity index (χ3n) is 2.91. The molecular weight excluding hydrogens is 277 g/mol. The van der Waals surface area contributed by atoms with Crippen molar-refractivity contribution < 1.29 is 14.3 Å². The van der Waals surface area contributed by atoms with Crippen LogP contribution in [0.25, 0.3) is 10.9 Å². The third kappa shape index (κ3) is 2.28. The highest BCUT2D eigenvalue weighted by atomic mass is 32.2. The van der Waals surface area contributed by atoms with Crippen LogP contribution in [0, 0.1) is 5.82 Å². The maximum atomic E-state index is 13.6. The minimum atomic E-state index is -1.26. The van der Waals surface area contributed by atoms with Crippen molar-refractivity contribution in [1.82, 2.24) is 4.98 Å². The van der Waals surface area contributed by atoms with Crippen molar-refractivity contribution in [3.8, 4) is 0 Å². The van der Waals surface area contributed by atoms with Gasteiger partial charge in [0.25, 0.3) is 0 Å². The van der Waals surface area contributed by atoms with Crippen LogP contribution in [0.15, 0.2) is 58.5 Å². The van der Waals surface area contributed by atoms with Crippen molar-refractivity contribution in [2.45, 2.75) is 9.92 Å². The van der Waals surface area contributed by atoms with Gasteiger partial charge in [0, 0.05) is 15.8 Å². The first-order chi connectivity index (χ1) is 9.65. The molecule has 0 fully saturated rings. The highest BCUT2D eigenvalue weighted by Gasteiger charge is 2.17. The normalized spacial score (nSPS) is 10.8. The van der Waals surface area contributed by atoms with E-state index < -0.39 is 11.8 Å². The number of carboxylic acid groups (broad SMARTS) is 1. The molecule has 100 valence electrons. The predicted octanol–water partition coefficient (Wildman–Crippen LogP) is 4.16. The van der Waals surface area contributed by atoms with Crippen molar-refractivity contribution in [1.29, 1.82) is 0 Å². The summed E-state index contributed by atoms with van der Waals surface area (Å²) in [5, 5.41) is 10.9. The monoisotopic (exact) mass is 287 g/mol. The quantitative estimate of drug-likeness (QED) is 0.760. The minimum absolute atomic E-state index is 0.295. The van der Waals surface area contributed by atoms with E-state index in [1.54, 1.807) is 6.07 Å². The number of aromatic nitrogens is 1. The first-order valence-electron chi connectivity index (χ1n) is 5.92. The molecule has 0 aliphatic rings. The molecule has 0 unspecified atom stereocenters. The smallest absolute Gasteiger partial charge is 0.339 e. The van der Waals surface area contributed by atoms with Crippen LogP contribution in [0.4, 0.5) is 4.39 Å². The number of nitrogens with one attached hydrogen (secondary N) is 1. The number of H-pyrrole nitrogens is 1. The summed E-state index contributed by atoms with van der Waals surface area (Å²) in [5.74, 6) is -1.99. The van der Waals surface area contributed by atoms with Gasteiger partial charge in [0.05, 0.1) is 5.03 Å². The molecule has 3 nitrogen and oxygen atoms in total. The lowest BCUT2D eigenvalue weighted by atomic mass is 10.2. The van der Waals surface area contributed by atoms with Gasteiger partial charge in [-0.1, -0.05) is 36.0 Å². The average Bonchev–Trinajstić information content (AvgIpc) is 2.80. The topological polar surface area (TPSA) is 53.1 Å². The summed E-state index contributed by atoms with van der Waals surface area (Å²) >= 11 is 1.21. The lowest BCUT2D eigenvalue weighted by molar-refractivity contribution is 0.0688. The van der Waals surface area contributed by atoms with Crippen LogP contribution in [0.3, 0.4) is 0 Å². The van der Waals surface area contributed by atoms with E-state index in [2.05, 4.69) is 4.98 Å². The fraction of sp³-hybridized carbons (Fsp3) is 0. The lowest BCUT2D eigenvalue weighted by Crippen LogP contribution is -2.02. The Morgan fingerprint density at radius 3 is 2.70 bits per heavy atom. The van der Waals surface area contributed by atoms with Gasteiger partial charge in [0.2, 0.25) is 0 Å². The Hall–Kier alpha value is -2.27. The van der Waals surface area contributed by atoms with Crippen molar-refractivity contribution in [3.63, 3.8) is 0 Å². The zero-order chi connectivity index (χ0) is 14.1. The summed E-state index contributed by atoms with van der Waals surface area (Å²) in [7, 11) is 0. The number of rotatable bonds is 3. The van der Waals surface area contributed by atoms with Gasteiger partial charge in [-0.15, -0.1) is 0 Å². The summed E-state index contributed by atoms with van der Waals surface area (Å²) < 4.78 is 13.6. The summed E-state index contributed by atoms with van der Waals surface area (Å²) in [5.41, 5.74) is 0.666. The standard InChI is InChI=1S/C15H10FNO2S/c16-10-5-3-7-12(14(10)15(18)19)20-13-8-9-4-1-2-6-11(9)17-13/h1-8,17H,(H,18,19). The van der Waals surface area contributed by atoms with E-state index in [0.29, 0.717) is 4.90 Å². The maximum absolute atomic E-state index is 13.6. The Bertz CT molecular complexity index is 764. The molecule has 0 bridgehead atoms. The summed E-state index contributed by atoms with van der Waals surface area (Å²) in [6.45, 7) is 0. The zero-order valence-electron chi connectivity index (χ0n) is 10.3. The molecule has 0 atom stereocenters. The second kappa shape index (κ2) is 5.02. The second-order valence-electron chi connectivity index (χ2n) is 4.24. The molecule has 0 spiro atoms. The highest BCUT2D eigenvalue weighted by molar-refractivity contribution is 7.99. The SMILES string of the molecule is O=C(O)c1c(F)cccc1Sc1cc2ccccc2[nH]1. The molecule has 0 amide bonds. The Morgan fingerprint density at radius 2 is 1.95 bits per heavy atom. The molecule has 0 saturated heterocycles. The number of hydrogen-bond acceptors (Lipinski definition) is 2. The number of carboxylic acids is 1. The molecular formula is C15H10FNO2S. The van der Waals surface area contributed by atoms with Crippen LogP contribution >= 0.6 is 11.8 Å². The lowest BCUT2D eigenvalue weighted by Gasteiger charge is -2.04. The van der Waals surface area contributed by atoms with Gasteiger partial charge < -0.3 is 10.1 Å². The van der Waals surface area contributed by atoms with E-state index in [1.165, 1.54) is 17.8 Å². The van der Waals surface area contributed by atoms with Crippen LogP contribution in [-0.2, 0) is 0 Å². The first-order valence-corrected chi connectivity index (χ1v) is 6.74. The number of halogens is 1. The van der Waals surface area contributed by atoms with E-state index in [0.717, 1.165) is 22.0 Å². The van der Waals surface area contributed by atoms with Crippen molar-refractivity contribution in [3.05, 3.63) is 59.9 Å². The molecule has 0 radical (unpaired) electrons. The van der Waals surface area contributed by atoms with Crippen LogP contribution in [0.2, 0.25) is 0 Å². The Morgan fingerprint density at radius 1 is 1.15 bits per heavy atom. The van der Waals surface area contributed by atoms with Crippen LogP contribution in [-0.4, -0.2) is 16.1 Å². The van der Waals surface area contributed by atoms with E-state index in [-0.39, 0.29) is 5.56 Å². The number of para-hydroxylation sites is 1. The third-order valence-corrected chi connectivity index (χ3v) is 3.91. The molecule has 0 aliphatic carbocycles. The Balaban J connectivity index is 2.02. The number of hydrogen-bond donors (Lipinski definition) is 2. The average molecular weight is 287 g/mol. The number of benzene rings is 2. The molecule has 1 heterocycles. The van der Waals surface area contributed by atoms with Crippen molar-refractivity contribution in [2.75, 3.05) is 0 Å². The molecule has 0 aliphatic heterocycles. The minimum Gasteiger partial charge on any atom is -0.478 e. The fourth-order valence-electron chi connectivity index (χ4n) is 2.02. The summed E-state index contributed by atoms with van der Waals surface area (Å²) in [4.78, 5) is 14.7. The van der Waals surface area contributed by atoms with Gasteiger partial charge in [-0.3, -0.25) is 0 Å². The Kier molecular flexibility index (Phi) is 3.20. The molecule has 20 heavy (non-hydrogen) atoms. The number of aromatic carboxylic acids is 1. The van der Waals surface area contributed by atoms with Crippen molar-refractivity contribution >= 4 is 28.6 Å². The molecule has 3 aromatic rings. The maximum Gasteiger partial charge on any atom is 0.339 e. The second-order valence-corrected chi connectivity index (χ2v) is 5.32. The van der Waals surface area contributed by atoms with Crippen LogP contribution in [0.1, 0.15) is 10.4 Å². The highest BCUT2D eigenvalue weighted by Crippen LogP contribution is 2.33. The fourth-order valence-corrected chi connectivity index (χ4v) is 3.03. The van der Waals surface area contributed by atoms with E-state index in [4.69, 9.17) is 5.11 Å². The van der Waals surface area contributed by atoms with E-state index >= 15 is 0 Å². The number of aromatic amines is 1. The molecule has 2 N–H and O–H groups in total. The van der Waals surface area contributed by atoms with Gasteiger partial charge in [0.15, 0.2) is 0 Å².